The zero-order chi connectivity index (χ0) is 15.2. The third kappa shape index (κ3) is 4.43. The molecule has 1 aromatic rings. The molecule has 1 amide bonds. The van der Waals surface area contributed by atoms with Gasteiger partial charge in [0.05, 0.1) is 6.61 Å². The number of aliphatic hydroxyl groups excluding tert-OH is 1. The summed E-state index contributed by atoms with van der Waals surface area (Å²) in [5, 5.41) is 9.84. The minimum Gasteiger partial charge on any atom is -0.477 e. The van der Waals surface area contributed by atoms with Crippen molar-refractivity contribution in [2.75, 3.05) is 19.7 Å². The van der Waals surface area contributed by atoms with Crippen molar-refractivity contribution >= 4 is 5.91 Å². The average molecular weight is 292 g/mol. The van der Waals surface area contributed by atoms with E-state index in [0.29, 0.717) is 31.5 Å². The average Bonchev–Trinajstić information content (AvgIpc) is 2.53. The van der Waals surface area contributed by atoms with Crippen LogP contribution in [0.5, 0.6) is 5.88 Å². The molecule has 0 spiro atoms. The van der Waals surface area contributed by atoms with Gasteiger partial charge in [-0.3, -0.25) is 4.79 Å². The van der Waals surface area contributed by atoms with Crippen LogP contribution in [0.3, 0.4) is 0 Å². The SMILES string of the molecule is CC(C)[C@@H](O)C(=O)N1CCC(COc2ccccn2)CC1. The molecule has 1 fully saturated rings. The number of likely N-dealkylation sites (tertiary alicyclic amines) is 1. The Morgan fingerprint density at radius 1 is 1.43 bits per heavy atom. The lowest BCUT2D eigenvalue weighted by atomic mass is 9.96. The molecule has 2 heterocycles. The highest BCUT2D eigenvalue weighted by atomic mass is 16.5. The molecule has 5 heteroatoms. The van der Waals surface area contributed by atoms with E-state index in [9.17, 15) is 9.90 Å². The van der Waals surface area contributed by atoms with E-state index in [1.54, 1.807) is 11.1 Å². The first kappa shape index (κ1) is 15.8. The summed E-state index contributed by atoms with van der Waals surface area (Å²) in [5.41, 5.74) is 0. The highest BCUT2D eigenvalue weighted by Crippen LogP contribution is 2.20. The number of amides is 1. The van der Waals surface area contributed by atoms with Gasteiger partial charge in [-0.2, -0.15) is 0 Å². The van der Waals surface area contributed by atoms with Gasteiger partial charge in [-0.1, -0.05) is 19.9 Å². The molecule has 116 valence electrons. The largest absolute Gasteiger partial charge is 0.477 e. The number of hydrogen-bond acceptors (Lipinski definition) is 4. The lowest BCUT2D eigenvalue weighted by Crippen LogP contribution is -2.46. The van der Waals surface area contributed by atoms with Crippen molar-refractivity contribution in [2.24, 2.45) is 11.8 Å². The van der Waals surface area contributed by atoms with Gasteiger partial charge in [0, 0.05) is 25.4 Å². The van der Waals surface area contributed by atoms with Crippen LogP contribution in [0.1, 0.15) is 26.7 Å². The van der Waals surface area contributed by atoms with Crippen molar-refractivity contribution in [3.63, 3.8) is 0 Å². The fraction of sp³-hybridized carbons (Fsp3) is 0.625. The van der Waals surface area contributed by atoms with Crippen LogP contribution in [0.15, 0.2) is 24.4 Å². The third-order valence-electron chi connectivity index (χ3n) is 3.92. The zero-order valence-corrected chi connectivity index (χ0v) is 12.7. The van der Waals surface area contributed by atoms with Crippen molar-refractivity contribution in [1.29, 1.82) is 0 Å². The molecule has 1 N–H and O–H groups in total. The topological polar surface area (TPSA) is 62.7 Å². The van der Waals surface area contributed by atoms with E-state index in [2.05, 4.69) is 4.98 Å². The van der Waals surface area contributed by atoms with Crippen LogP contribution in [-0.2, 0) is 4.79 Å². The van der Waals surface area contributed by atoms with E-state index >= 15 is 0 Å². The predicted octanol–water partition coefficient (Wildman–Crippen LogP) is 1.72. The maximum absolute atomic E-state index is 12.1. The first-order valence-electron chi connectivity index (χ1n) is 7.58. The number of rotatable bonds is 5. The summed E-state index contributed by atoms with van der Waals surface area (Å²) in [4.78, 5) is 18.0. The second-order valence-electron chi connectivity index (χ2n) is 5.94. The van der Waals surface area contributed by atoms with Gasteiger partial charge in [-0.15, -0.1) is 0 Å². The lowest BCUT2D eigenvalue weighted by Gasteiger charge is -2.33. The Kier molecular flexibility index (Phi) is 5.56. The number of carbonyl (C=O) groups excluding carboxylic acids is 1. The van der Waals surface area contributed by atoms with Crippen molar-refractivity contribution in [3.8, 4) is 5.88 Å². The number of nitrogens with zero attached hydrogens (tertiary/aromatic N) is 2. The molecule has 1 aliphatic rings. The molecule has 1 aliphatic heterocycles. The summed E-state index contributed by atoms with van der Waals surface area (Å²) < 4.78 is 5.66. The Morgan fingerprint density at radius 3 is 2.71 bits per heavy atom. The molecular weight excluding hydrogens is 268 g/mol. The van der Waals surface area contributed by atoms with Gasteiger partial charge in [-0.25, -0.2) is 4.98 Å². The van der Waals surface area contributed by atoms with Crippen LogP contribution in [0, 0.1) is 11.8 Å². The van der Waals surface area contributed by atoms with Gasteiger partial charge in [-0.05, 0) is 30.7 Å². The number of hydrogen-bond donors (Lipinski definition) is 1. The van der Waals surface area contributed by atoms with Gasteiger partial charge in [0.1, 0.15) is 6.10 Å². The number of pyridine rings is 1. The van der Waals surface area contributed by atoms with Gasteiger partial charge in [0.15, 0.2) is 0 Å². The second-order valence-corrected chi connectivity index (χ2v) is 5.94. The minimum absolute atomic E-state index is 0.0392. The van der Waals surface area contributed by atoms with E-state index in [4.69, 9.17) is 4.74 Å². The van der Waals surface area contributed by atoms with E-state index in [-0.39, 0.29) is 11.8 Å². The third-order valence-corrected chi connectivity index (χ3v) is 3.92. The second kappa shape index (κ2) is 7.41. The molecule has 1 atom stereocenters. The van der Waals surface area contributed by atoms with Crippen LogP contribution in [-0.4, -0.2) is 46.7 Å². The summed E-state index contributed by atoms with van der Waals surface area (Å²) in [6.07, 6.45) is 2.64. The van der Waals surface area contributed by atoms with Gasteiger partial charge in [0.2, 0.25) is 5.88 Å². The molecular formula is C16H24N2O3. The van der Waals surface area contributed by atoms with Crippen molar-refractivity contribution in [2.45, 2.75) is 32.8 Å². The van der Waals surface area contributed by atoms with Gasteiger partial charge in [0.25, 0.3) is 5.91 Å². The van der Waals surface area contributed by atoms with Crippen molar-refractivity contribution in [3.05, 3.63) is 24.4 Å². The predicted molar refractivity (Wildman–Crippen MR) is 79.9 cm³/mol. The van der Waals surface area contributed by atoms with Gasteiger partial charge < -0.3 is 14.7 Å². The summed E-state index contributed by atoms with van der Waals surface area (Å²) in [6.45, 7) is 5.73. The molecule has 21 heavy (non-hydrogen) atoms. The molecule has 0 aliphatic carbocycles. The molecule has 5 nitrogen and oxygen atoms in total. The Balaban J connectivity index is 1.74. The molecule has 0 saturated carbocycles. The first-order chi connectivity index (χ1) is 10.1. The Morgan fingerprint density at radius 2 is 2.14 bits per heavy atom. The number of ether oxygens (including phenoxy) is 1. The Labute approximate surface area is 125 Å². The van der Waals surface area contributed by atoms with Crippen LogP contribution in [0.4, 0.5) is 0 Å². The van der Waals surface area contributed by atoms with Crippen LogP contribution < -0.4 is 4.74 Å². The summed E-state index contributed by atoms with van der Waals surface area (Å²) in [5.74, 6) is 0.898. The van der Waals surface area contributed by atoms with Crippen molar-refractivity contribution in [1.82, 2.24) is 9.88 Å². The first-order valence-corrected chi connectivity index (χ1v) is 7.58. The van der Waals surface area contributed by atoms with E-state index < -0.39 is 6.10 Å². The maximum atomic E-state index is 12.1. The highest BCUT2D eigenvalue weighted by Gasteiger charge is 2.28. The Hall–Kier alpha value is -1.62. The molecule has 0 bridgehead atoms. The minimum atomic E-state index is -0.883. The van der Waals surface area contributed by atoms with Crippen LogP contribution in [0.25, 0.3) is 0 Å². The molecule has 0 unspecified atom stereocenters. The molecule has 2 rings (SSSR count). The fourth-order valence-electron chi connectivity index (χ4n) is 2.43. The van der Waals surface area contributed by atoms with Crippen molar-refractivity contribution < 1.29 is 14.6 Å². The molecule has 0 aromatic carbocycles. The smallest absolute Gasteiger partial charge is 0.251 e. The fourth-order valence-corrected chi connectivity index (χ4v) is 2.43. The molecule has 1 saturated heterocycles. The van der Waals surface area contributed by atoms with Crippen LogP contribution >= 0.6 is 0 Å². The standard InChI is InChI=1S/C16H24N2O3/c1-12(2)15(19)16(20)18-9-6-13(7-10-18)11-21-14-5-3-4-8-17-14/h3-5,8,12-13,15,19H,6-7,9-11H2,1-2H3/t15-/m1/s1. The van der Waals surface area contributed by atoms with E-state index in [0.717, 1.165) is 12.8 Å². The quantitative estimate of drug-likeness (QED) is 0.897. The number of aliphatic hydroxyl groups is 1. The van der Waals surface area contributed by atoms with Crippen LogP contribution in [0.2, 0.25) is 0 Å². The molecule has 0 radical (unpaired) electrons. The zero-order valence-electron chi connectivity index (χ0n) is 12.7. The maximum Gasteiger partial charge on any atom is 0.251 e. The number of piperidine rings is 1. The lowest BCUT2D eigenvalue weighted by molar-refractivity contribution is -0.144. The summed E-state index contributed by atoms with van der Waals surface area (Å²) >= 11 is 0. The van der Waals surface area contributed by atoms with E-state index in [1.165, 1.54) is 0 Å². The monoisotopic (exact) mass is 292 g/mol. The van der Waals surface area contributed by atoms with E-state index in [1.807, 2.05) is 32.0 Å². The number of carbonyl (C=O) groups is 1. The Bertz CT molecular complexity index is 442. The molecule has 1 aromatic heterocycles. The highest BCUT2D eigenvalue weighted by molar-refractivity contribution is 5.81. The number of aromatic nitrogens is 1. The van der Waals surface area contributed by atoms with Gasteiger partial charge >= 0.3 is 0 Å². The normalized spacial score (nSPS) is 17.8. The summed E-state index contributed by atoms with van der Waals surface area (Å²) in [6, 6.07) is 5.60. The summed E-state index contributed by atoms with van der Waals surface area (Å²) in [7, 11) is 0.